The number of alkyl halides is 3. The van der Waals surface area contributed by atoms with Crippen molar-refractivity contribution < 1.29 is 13.2 Å². The van der Waals surface area contributed by atoms with Crippen molar-refractivity contribution in [3.63, 3.8) is 0 Å². The molecule has 0 heterocycles. The molecular formula is C12H15BrF3N. The zero-order chi connectivity index (χ0) is 12.9. The molecule has 0 fully saturated rings. The van der Waals surface area contributed by atoms with E-state index in [4.69, 9.17) is 0 Å². The van der Waals surface area contributed by atoms with Crippen molar-refractivity contribution in [3.05, 3.63) is 34.3 Å². The van der Waals surface area contributed by atoms with E-state index in [1.807, 2.05) is 31.2 Å². The van der Waals surface area contributed by atoms with Crippen LogP contribution in [-0.4, -0.2) is 12.7 Å². The molecule has 0 aliphatic carbocycles. The lowest BCUT2D eigenvalue weighted by Crippen LogP contribution is -2.21. The zero-order valence-electron chi connectivity index (χ0n) is 9.52. The smallest absolute Gasteiger partial charge is 0.310 e. The Labute approximate surface area is 108 Å². The predicted octanol–water partition coefficient (Wildman–Crippen LogP) is 4.44. The first-order valence-corrected chi connectivity index (χ1v) is 6.23. The van der Waals surface area contributed by atoms with E-state index in [0.29, 0.717) is 6.54 Å². The van der Waals surface area contributed by atoms with E-state index in [1.165, 1.54) is 0 Å². The van der Waals surface area contributed by atoms with Gasteiger partial charge in [0.25, 0.3) is 0 Å². The van der Waals surface area contributed by atoms with Gasteiger partial charge in [0.15, 0.2) is 0 Å². The molecule has 1 nitrogen and oxygen atoms in total. The Hall–Kier alpha value is -0.550. The van der Waals surface area contributed by atoms with E-state index in [0.717, 1.165) is 10.0 Å². The number of halogens is 4. The summed E-state index contributed by atoms with van der Waals surface area (Å²) < 4.78 is 36.7. The fourth-order valence-electron chi connectivity index (χ4n) is 1.50. The van der Waals surface area contributed by atoms with Crippen molar-refractivity contribution in [3.8, 4) is 0 Å². The van der Waals surface area contributed by atoms with Crippen molar-refractivity contribution in [1.82, 2.24) is 5.32 Å². The Balaban J connectivity index is 2.33. The molecule has 0 saturated heterocycles. The van der Waals surface area contributed by atoms with Crippen molar-refractivity contribution in [2.24, 2.45) is 0 Å². The summed E-state index contributed by atoms with van der Waals surface area (Å²) in [5, 5.41) is 3.08. The molecule has 0 bridgehead atoms. The molecule has 0 radical (unpaired) electrons. The molecule has 0 spiro atoms. The van der Waals surface area contributed by atoms with Gasteiger partial charge in [0.1, 0.15) is 0 Å². The summed E-state index contributed by atoms with van der Waals surface area (Å²) >= 11 is 3.36. The van der Waals surface area contributed by atoms with Crippen LogP contribution in [-0.2, 0) is 0 Å². The molecule has 0 amide bonds. The summed E-state index contributed by atoms with van der Waals surface area (Å²) in [5.74, 6) is 0. The van der Waals surface area contributed by atoms with E-state index in [1.54, 1.807) is 0 Å². The van der Waals surface area contributed by atoms with Gasteiger partial charge in [-0.05, 0) is 37.6 Å². The molecule has 0 aliphatic rings. The van der Waals surface area contributed by atoms with Gasteiger partial charge in [0, 0.05) is 16.9 Å². The highest BCUT2D eigenvalue weighted by Crippen LogP contribution is 2.21. The minimum absolute atomic E-state index is 0.0562. The minimum atomic E-state index is -4.05. The minimum Gasteiger partial charge on any atom is -0.310 e. The van der Waals surface area contributed by atoms with Gasteiger partial charge in [0.05, 0.1) is 0 Å². The van der Waals surface area contributed by atoms with Crippen LogP contribution in [0.5, 0.6) is 0 Å². The van der Waals surface area contributed by atoms with E-state index < -0.39 is 12.6 Å². The second-order valence-electron chi connectivity index (χ2n) is 3.95. The Kier molecular flexibility index (Phi) is 5.46. The van der Waals surface area contributed by atoms with Crippen LogP contribution in [0.4, 0.5) is 13.2 Å². The van der Waals surface area contributed by atoms with Crippen LogP contribution < -0.4 is 5.32 Å². The molecule has 0 aromatic heterocycles. The monoisotopic (exact) mass is 309 g/mol. The average molecular weight is 310 g/mol. The normalized spacial score (nSPS) is 13.7. The number of hydrogen-bond acceptors (Lipinski definition) is 1. The SMILES string of the molecule is CC(NCCCC(F)(F)F)c1cccc(Br)c1. The Bertz CT molecular complexity index is 352. The van der Waals surface area contributed by atoms with Crippen LogP contribution in [0, 0.1) is 0 Å². The van der Waals surface area contributed by atoms with Gasteiger partial charge < -0.3 is 5.32 Å². The summed E-state index contributed by atoms with van der Waals surface area (Å²) in [5.41, 5.74) is 1.06. The maximum absolute atomic E-state index is 11.9. The zero-order valence-corrected chi connectivity index (χ0v) is 11.1. The predicted molar refractivity (Wildman–Crippen MR) is 65.8 cm³/mol. The molecule has 0 aliphatic heterocycles. The number of nitrogens with one attached hydrogen (secondary N) is 1. The number of hydrogen-bond donors (Lipinski definition) is 1. The maximum atomic E-state index is 11.9. The van der Waals surface area contributed by atoms with Gasteiger partial charge in [-0.15, -0.1) is 0 Å². The van der Waals surface area contributed by atoms with Gasteiger partial charge >= 0.3 is 6.18 Å². The van der Waals surface area contributed by atoms with Crippen molar-refractivity contribution in [2.45, 2.75) is 32.0 Å². The van der Waals surface area contributed by atoms with Crippen molar-refractivity contribution in [2.75, 3.05) is 6.54 Å². The Morgan fingerprint density at radius 1 is 1.35 bits per heavy atom. The first kappa shape index (κ1) is 14.5. The third-order valence-electron chi connectivity index (χ3n) is 2.44. The fourth-order valence-corrected chi connectivity index (χ4v) is 1.92. The molecule has 5 heteroatoms. The molecule has 1 aromatic carbocycles. The van der Waals surface area contributed by atoms with Crippen molar-refractivity contribution >= 4 is 15.9 Å². The highest BCUT2D eigenvalue weighted by molar-refractivity contribution is 9.10. The molecule has 1 rings (SSSR count). The average Bonchev–Trinajstić information content (AvgIpc) is 2.23. The molecular weight excluding hydrogens is 295 g/mol. The largest absolute Gasteiger partial charge is 0.389 e. The van der Waals surface area contributed by atoms with E-state index in [9.17, 15) is 13.2 Å². The highest BCUT2D eigenvalue weighted by Gasteiger charge is 2.25. The summed E-state index contributed by atoms with van der Waals surface area (Å²) in [6, 6.07) is 7.79. The summed E-state index contributed by atoms with van der Waals surface area (Å²) in [6.45, 7) is 2.31. The second-order valence-corrected chi connectivity index (χ2v) is 4.87. The van der Waals surface area contributed by atoms with Gasteiger partial charge in [-0.1, -0.05) is 28.1 Å². The second kappa shape index (κ2) is 6.40. The first-order valence-electron chi connectivity index (χ1n) is 5.44. The molecule has 96 valence electrons. The third kappa shape index (κ3) is 6.07. The molecule has 1 unspecified atom stereocenters. The fraction of sp³-hybridized carbons (Fsp3) is 0.500. The number of rotatable bonds is 5. The van der Waals surface area contributed by atoms with Crippen LogP contribution in [0.3, 0.4) is 0 Å². The first-order chi connectivity index (χ1) is 7.88. The highest BCUT2D eigenvalue weighted by atomic mass is 79.9. The Morgan fingerprint density at radius 2 is 2.06 bits per heavy atom. The van der Waals surface area contributed by atoms with E-state index >= 15 is 0 Å². The summed E-state index contributed by atoms with van der Waals surface area (Å²) in [4.78, 5) is 0. The third-order valence-corrected chi connectivity index (χ3v) is 2.93. The van der Waals surface area contributed by atoms with Crippen LogP contribution in [0.25, 0.3) is 0 Å². The summed E-state index contributed by atoms with van der Waals surface area (Å²) in [6.07, 6.45) is -4.67. The van der Waals surface area contributed by atoms with Gasteiger partial charge in [-0.2, -0.15) is 13.2 Å². The molecule has 1 aromatic rings. The lowest BCUT2D eigenvalue weighted by atomic mass is 10.1. The lowest BCUT2D eigenvalue weighted by Gasteiger charge is -2.15. The topological polar surface area (TPSA) is 12.0 Å². The lowest BCUT2D eigenvalue weighted by molar-refractivity contribution is -0.135. The number of benzene rings is 1. The van der Waals surface area contributed by atoms with E-state index in [2.05, 4.69) is 21.2 Å². The molecule has 1 N–H and O–H groups in total. The van der Waals surface area contributed by atoms with Gasteiger partial charge in [0.2, 0.25) is 0 Å². The maximum Gasteiger partial charge on any atom is 0.389 e. The quantitative estimate of drug-likeness (QED) is 0.793. The Morgan fingerprint density at radius 3 is 2.65 bits per heavy atom. The van der Waals surface area contributed by atoms with Crippen molar-refractivity contribution in [1.29, 1.82) is 0 Å². The molecule has 1 atom stereocenters. The van der Waals surface area contributed by atoms with Crippen LogP contribution >= 0.6 is 15.9 Å². The molecule has 0 saturated carbocycles. The summed E-state index contributed by atoms with van der Waals surface area (Å²) in [7, 11) is 0. The van der Waals surface area contributed by atoms with Gasteiger partial charge in [-0.3, -0.25) is 0 Å². The van der Waals surface area contributed by atoms with Crippen LogP contribution in [0.15, 0.2) is 28.7 Å². The molecule has 17 heavy (non-hydrogen) atoms. The van der Waals surface area contributed by atoms with E-state index in [-0.39, 0.29) is 12.5 Å². The van der Waals surface area contributed by atoms with Crippen LogP contribution in [0.1, 0.15) is 31.4 Å². The van der Waals surface area contributed by atoms with Gasteiger partial charge in [-0.25, -0.2) is 0 Å². The van der Waals surface area contributed by atoms with Crippen LogP contribution in [0.2, 0.25) is 0 Å². The standard InChI is InChI=1S/C12H15BrF3N/c1-9(10-4-2-5-11(13)8-10)17-7-3-6-12(14,15)16/h2,4-5,8-9,17H,3,6-7H2,1H3.